The van der Waals surface area contributed by atoms with E-state index in [0.29, 0.717) is 0 Å². The third-order valence-corrected chi connectivity index (χ3v) is 6.16. The molecule has 4 aliphatic carbocycles. The molecule has 5 rings (SSSR count). The average molecular weight is 276 g/mol. The van der Waals surface area contributed by atoms with Crippen LogP contribution in [0.15, 0.2) is 0 Å². The van der Waals surface area contributed by atoms with Crippen LogP contribution in [0.25, 0.3) is 0 Å². The van der Waals surface area contributed by atoms with E-state index >= 15 is 0 Å². The van der Waals surface area contributed by atoms with Crippen molar-refractivity contribution in [2.24, 2.45) is 17.8 Å². The Balaban J connectivity index is 1.48. The predicted octanol–water partition coefficient (Wildman–Crippen LogP) is 1.69. The summed E-state index contributed by atoms with van der Waals surface area (Å²) in [4.78, 5) is 25.3. The van der Waals surface area contributed by atoms with Gasteiger partial charge in [0, 0.05) is 12.1 Å². The maximum Gasteiger partial charge on any atom is 0.243 e. The van der Waals surface area contributed by atoms with Crippen LogP contribution >= 0.6 is 0 Å². The number of rotatable bonds is 3. The van der Waals surface area contributed by atoms with Gasteiger partial charge in [0.25, 0.3) is 0 Å². The smallest absolute Gasteiger partial charge is 0.243 e. The number of nitrogens with one attached hydrogen (secondary N) is 1. The summed E-state index contributed by atoms with van der Waals surface area (Å²) in [6.45, 7) is 0.739. The summed E-state index contributed by atoms with van der Waals surface area (Å²) in [5.74, 6) is 2.63. The molecule has 4 saturated carbocycles. The number of nitrogens with zero attached hydrogens (tertiary/aromatic N) is 1. The largest absolute Gasteiger partial charge is 0.349 e. The molecule has 0 unspecified atom stereocenters. The summed E-state index contributed by atoms with van der Waals surface area (Å²) in [5.41, 5.74) is 0.0724. The number of likely N-dealkylation sites (tertiary alicyclic amines) is 1. The number of amides is 2. The molecule has 0 aromatic carbocycles. The van der Waals surface area contributed by atoms with E-state index in [-0.39, 0.29) is 17.5 Å². The number of carbonyl (C=O) groups excluding carboxylic acids is 2. The molecule has 1 saturated heterocycles. The minimum Gasteiger partial charge on any atom is -0.349 e. The highest BCUT2D eigenvalue weighted by molar-refractivity contribution is 5.84. The van der Waals surface area contributed by atoms with Crippen molar-refractivity contribution < 1.29 is 9.59 Å². The quantitative estimate of drug-likeness (QED) is 0.798. The van der Waals surface area contributed by atoms with Crippen LogP contribution in [-0.2, 0) is 9.59 Å². The molecule has 110 valence electrons. The first-order valence-electron chi connectivity index (χ1n) is 8.20. The van der Waals surface area contributed by atoms with Crippen molar-refractivity contribution in [1.82, 2.24) is 10.2 Å². The SMILES string of the molecule is O=CN1CCC[C@H]1C(=O)NC12CC3CC(CC(C3)C1)C2. The van der Waals surface area contributed by atoms with Gasteiger partial charge in [-0.1, -0.05) is 0 Å². The van der Waals surface area contributed by atoms with Crippen molar-refractivity contribution in [3.05, 3.63) is 0 Å². The molecule has 0 aromatic heterocycles. The first-order chi connectivity index (χ1) is 9.67. The monoisotopic (exact) mass is 276 g/mol. The molecule has 1 aliphatic heterocycles. The van der Waals surface area contributed by atoms with E-state index in [1.165, 1.54) is 38.5 Å². The number of hydrogen-bond donors (Lipinski definition) is 1. The van der Waals surface area contributed by atoms with Crippen molar-refractivity contribution in [3.8, 4) is 0 Å². The molecule has 1 N–H and O–H groups in total. The van der Waals surface area contributed by atoms with E-state index in [2.05, 4.69) is 5.32 Å². The summed E-state index contributed by atoms with van der Waals surface area (Å²) < 4.78 is 0. The molecule has 5 fully saturated rings. The first kappa shape index (κ1) is 12.7. The van der Waals surface area contributed by atoms with Gasteiger partial charge >= 0.3 is 0 Å². The van der Waals surface area contributed by atoms with Gasteiger partial charge in [-0.05, 0) is 69.1 Å². The Morgan fingerprint density at radius 3 is 2.25 bits per heavy atom. The van der Waals surface area contributed by atoms with E-state index in [9.17, 15) is 9.59 Å². The van der Waals surface area contributed by atoms with Crippen molar-refractivity contribution in [1.29, 1.82) is 0 Å². The average Bonchev–Trinajstić information content (AvgIpc) is 2.84. The highest BCUT2D eigenvalue weighted by Gasteiger charge is 2.52. The predicted molar refractivity (Wildman–Crippen MR) is 74.8 cm³/mol. The molecule has 1 heterocycles. The Hall–Kier alpha value is -1.06. The molecule has 1 atom stereocenters. The van der Waals surface area contributed by atoms with Gasteiger partial charge in [-0.3, -0.25) is 9.59 Å². The minimum atomic E-state index is -0.208. The third-order valence-electron chi connectivity index (χ3n) is 6.16. The summed E-state index contributed by atoms with van der Waals surface area (Å²) in [7, 11) is 0. The molecule has 4 heteroatoms. The van der Waals surface area contributed by atoms with Crippen molar-refractivity contribution >= 4 is 12.3 Å². The summed E-state index contributed by atoms with van der Waals surface area (Å²) in [6.07, 6.45) is 10.3. The van der Waals surface area contributed by atoms with Crippen LogP contribution in [0, 0.1) is 17.8 Å². The van der Waals surface area contributed by atoms with Gasteiger partial charge in [0.2, 0.25) is 12.3 Å². The standard InChI is InChI=1S/C16H24N2O2/c19-10-18-3-1-2-14(18)15(20)17-16-7-11-4-12(8-16)6-13(5-11)9-16/h10-14H,1-9H2,(H,17,20)/t11?,12?,13?,14-,16?/m0/s1. The van der Waals surface area contributed by atoms with Crippen LogP contribution in [0.5, 0.6) is 0 Å². The highest BCUT2D eigenvalue weighted by atomic mass is 16.2. The molecule has 4 bridgehead atoms. The zero-order chi connectivity index (χ0) is 13.7. The summed E-state index contributed by atoms with van der Waals surface area (Å²) in [6, 6.07) is -0.208. The van der Waals surface area contributed by atoms with Gasteiger partial charge in [0.1, 0.15) is 6.04 Å². The lowest BCUT2D eigenvalue weighted by Crippen LogP contribution is -2.62. The zero-order valence-electron chi connectivity index (χ0n) is 12.0. The van der Waals surface area contributed by atoms with Crippen LogP contribution < -0.4 is 5.32 Å². The van der Waals surface area contributed by atoms with Crippen LogP contribution in [-0.4, -0.2) is 35.3 Å². The van der Waals surface area contributed by atoms with Crippen molar-refractivity contribution in [2.75, 3.05) is 6.54 Å². The van der Waals surface area contributed by atoms with Gasteiger partial charge in [-0.25, -0.2) is 0 Å². The van der Waals surface area contributed by atoms with E-state index in [4.69, 9.17) is 0 Å². The molecule has 4 nitrogen and oxygen atoms in total. The van der Waals surface area contributed by atoms with Gasteiger partial charge in [0.15, 0.2) is 0 Å². The first-order valence-corrected chi connectivity index (χ1v) is 8.20. The molecule has 5 aliphatic rings. The summed E-state index contributed by atoms with van der Waals surface area (Å²) >= 11 is 0. The van der Waals surface area contributed by atoms with Gasteiger partial charge in [-0.15, -0.1) is 0 Å². The Kier molecular flexibility index (Phi) is 2.83. The minimum absolute atomic E-state index is 0.0724. The van der Waals surface area contributed by atoms with E-state index < -0.39 is 0 Å². The molecule has 0 radical (unpaired) electrons. The maximum atomic E-state index is 12.6. The zero-order valence-corrected chi connectivity index (χ0v) is 12.0. The van der Waals surface area contributed by atoms with Gasteiger partial charge in [-0.2, -0.15) is 0 Å². The molecule has 0 spiro atoms. The molecule has 0 aromatic rings. The Morgan fingerprint density at radius 1 is 1.10 bits per heavy atom. The van der Waals surface area contributed by atoms with E-state index in [1.807, 2.05) is 0 Å². The lowest BCUT2D eigenvalue weighted by molar-refractivity contribution is -0.135. The molecular weight excluding hydrogens is 252 g/mol. The van der Waals surface area contributed by atoms with Crippen molar-refractivity contribution in [3.63, 3.8) is 0 Å². The lowest BCUT2D eigenvalue weighted by atomic mass is 9.53. The number of carbonyl (C=O) groups is 2. The molecular formula is C16H24N2O2. The second-order valence-electron chi connectivity index (χ2n) is 7.69. The number of hydrogen-bond acceptors (Lipinski definition) is 2. The van der Waals surface area contributed by atoms with Crippen molar-refractivity contribution in [2.45, 2.75) is 62.9 Å². The maximum absolute atomic E-state index is 12.6. The Bertz CT molecular complexity index is 399. The second kappa shape index (κ2) is 4.47. The normalized spacial score (nSPS) is 45.7. The van der Waals surface area contributed by atoms with E-state index in [0.717, 1.165) is 43.6 Å². The fraction of sp³-hybridized carbons (Fsp3) is 0.875. The van der Waals surface area contributed by atoms with Gasteiger partial charge in [0.05, 0.1) is 0 Å². The Morgan fingerprint density at radius 2 is 1.70 bits per heavy atom. The molecule has 2 amide bonds. The fourth-order valence-electron chi connectivity index (χ4n) is 5.81. The fourth-order valence-corrected chi connectivity index (χ4v) is 5.81. The van der Waals surface area contributed by atoms with Crippen LogP contribution in [0.2, 0.25) is 0 Å². The highest BCUT2D eigenvalue weighted by Crippen LogP contribution is 2.55. The van der Waals surface area contributed by atoms with Gasteiger partial charge < -0.3 is 10.2 Å². The second-order valence-corrected chi connectivity index (χ2v) is 7.69. The van der Waals surface area contributed by atoms with Crippen LogP contribution in [0.4, 0.5) is 0 Å². The third kappa shape index (κ3) is 1.95. The summed E-state index contributed by atoms with van der Waals surface area (Å²) in [5, 5.41) is 3.39. The topological polar surface area (TPSA) is 49.4 Å². The molecule has 20 heavy (non-hydrogen) atoms. The lowest BCUT2D eigenvalue weighted by Gasteiger charge is -2.57. The Labute approximate surface area is 120 Å². The van der Waals surface area contributed by atoms with E-state index in [1.54, 1.807) is 4.90 Å². The van der Waals surface area contributed by atoms with Crippen LogP contribution in [0.3, 0.4) is 0 Å². The van der Waals surface area contributed by atoms with Crippen LogP contribution in [0.1, 0.15) is 51.4 Å².